The van der Waals surface area contributed by atoms with Crippen molar-refractivity contribution >= 4 is 24.3 Å². The van der Waals surface area contributed by atoms with Crippen molar-refractivity contribution in [3.63, 3.8) is 0 Å². The van der Waals surface area contributed by atoms with E-state index in [1.165, 1.54) is 4.90 Å². The van der Waals surface area contributed by atoms with Gasteiger partial charge in [-0.2, -0.15) is 0 Å². The SMILES string of the molecule is CC1(C)OB(c2ccc(SCc3ccccn3)cc2)OC1(C)C. The van der Waals surface area contributed by atoms with E-state index in [9.17, 15) is 0 Å². The Morgan fingerprint density at radius 3 is 2.17 bits per heavy atom. The van der Waals surface area contributed by atoms with Gasteiger partial charge in [0.1, 0.15) is 0 Å². The summed E-state index contributed by atoms with van der Waals surface area (Å²) in [5.41, 5.74) is 1.55. The maximum Gasteiger partial charge on any atom is 0.494 e. The summed E-state index contributed by atoms with van der Waals surface area (Å²) in [6.45, 7) is 8.29. The van der Waals surface area contributed by atoms with Gasteiger partial charge in [0.2, 0.25) is 0 Å². The first-order chi connectivity index (χ1) is 10.9. The van der Waals surface area contributed by atoms with Crippen LogP contribution in [0.3, 0.4) is 0 Å². The fourth-order valence-corrected chi connectivity index (χ4v) is 3.15. The number of rotatable bonds is 4. The molecule has 0 N–H and O–H groups in total. The van der Waals surface area contributed by atoms with Crippen molar-refractivity contribution in [2.75, 3.05) is 0 Å². The van der Waals surface area contributed by atoms with E-state index in [2.05, 4.69) is 56.9 Å². The third-order valence-corrected chi connectivity index (χ3v) is 5.56. The molecular formula is C18H22BNO2S. The molecule has 0 unspecified atom stereocenters. The summed E-state index contributed by atoms with van der Waals surface area (Å²) in [5, 5.41) is 0. The molecule has 1 aliphatic heterocycles. The molecule has 0 bridgehead atoms. The number of thioether (sulfide) groups is 1. The molecule has 0 amide bonds. The Morgan fingerprint density at radius 1 is 0.957 bits per heavy atom. The number of benzene rings is 1. The van der Waals surface area contributed by atoms with Gasteiger partial charge in [0.25, 0.3) is 0 Å². The van der Waals surface area contributed by atoms with Gasteiger partial charge in [-0.05, 0) is 57.4 Å². The van der Waals surface area contributed by atoms with Crippen LogP contribution in [0.4, 0.5) is 0 Å². The quantitative estimate of drug-likeness (QED) is 0.633. The molecule has 1 fully saturated rings. The fourth-order valence-electron chi connectivity index (χ4n) is 2.34. The molecule has 120 valence electrons. The van der Waals surface area contributed by atoms with E-state index in [1.807, 2.05) is 24.4 Å². The zero-order valence-corrected chi connectivity index (χ0v) is 14.9. The van der Waals surface area contributed by atoms with Crippen molar-refractivity contribution in [1.82, 2.24) is 4.98 Å². The Labute approximate surface area is 142 Å². The van der Waals surface area contributed by atoms with Crippen LogP contribution in [0.1, 0.15) is 33.4 Å². The zero-order valence-electron chi connectivity index (χ0n) is 14.1. The standard InChI is InChI=1S/C18H22BNO2S/c1-17(2)18(3,4)22-19(21-17)14-8-10-16(11-9-14)23-13-15-7-5-6-12-20-15/h5-12H,13H2,1-4H3. The monoisotopic (exact) mass is 327 g/mol. The molecule has 2 heterocycles. The minimum atomic E-state index is -0.302. The van der Waals surface area contributed by atoms with Crippen LogP contribution in [0.2, 0.25) is 0 Å². The molecule has 5 heteroatoms. The molecule has 1 aromatic heterocycles. The van der Waals surface area contributed by atoms with Gasteiger partial charge < -0.3 is 9.31 Å². The highest BCUT2D eigenvalue weighted by Gasteiger charge is 2.51. The van der Waals surface area contributed by atoms with Gasteiger partial charge in [-0.1, -0.05) is 18.2 Å². The van der Waals surface area contributed by atoms with E-state index in [-0.39, 0.29) is 18.3 Å². The number of pyridine rings is 1. The lowest BCUT2D eigenvalue weighted by Gasteiger charge is -2.32. The molecule has 1 aromatic carbocycles. The van der Waals surface area contributed by atoms with E-state index in [0.717, 1.165) is 16.9 Å². The van der Waals surface area contributed by atoms with Crippen molar-refractivity contribution in [2.24, 2.45) is 0 Å². The molecule has 0 atom stereocenters. The molecular weight excluding hydrogens is 305 g/mol. The Morgan fingerprint density at radius 2 is 1.61 bits per heavy atom. The summed E-state index contributed by atoms with van der Waals surface area (Å²) < 4.78 is 12.2. The largest absolute Gasteiger partial charge is 0.494 e. The van der Waals surface area contributed by atoms with Gasteiger partial charge in [-0.25, -0.2) is 0 Å². The van der Waals surface area contributed by atoms with Crippen LogP contribution in [-0.4, -0.2) is 23.3 Å². The first-order valence-electron chi connectivity index (χ1n) is 7.86. The fraction of sp³-hybridized carbons (Fsp3) is 0.389. The van der Waals surface area contributed by atoms with Crippen LogP contribution in [0.25, 0.3) is 0 Å². The molecule has 0 radical (unpaired) electrons. The molecule has 0 aliphatic carbocycles. The zero-order chi connectivity index (χ0) is 16.5. The lowest BCUT2D eigenvalue weighted by atomic mass is 9.79. The van der Waals surface area contributed by atoms with Gasteiger partial charge in [0.05, 0.1) is 16.9 Å². The molecule has 2 aromatic rings. The summed E-state index contributed by atoms with van der Waals surface area (Å²) >= 11 is 1.78. The summed E-state index contributed by atoms with van der Waals surface area (Å²) in [7, 11) is -0.296. The maximum absolute atomic E-state index is 6.08. The molecule has 0 spiro atoms. The minimum absolute atomic E-state index is 0.296. The Balaban J connectivity index is 1.64. The molecule has 3 rings (SSSR count). The summed E-state index contributed by atoms with van der Waals surface area (Å²) in [6.07, 6.45) is 1.83. The van der Waals surface area contributed by atoms with E-state index < -0.39 is 0 Å². The first kappa shape index (κ1) is 16.6. The second-order valence-corrected chi connectivity index (χ2v) is 7.82. The van der Waals surface area contributed by atoms with Crippen LogP contribution in [0, 0.1) is 0 Å². The number of aromatic nitrogens is 1. The normalized spacial score (nSPS) is 19.0. The highest BCUT2D eigenvalue weighted by Crippen LogP contribution is 2.36. The number of nitrogens with zero attached hydrogens (tertiary/aromatic N) is 1. The van der Waals surface area contributed by atoms with E-state index in [0.29, 0.717) is 0 Å². The molecule has 23 heavy (non-hydrogen) atoms. The molecule has 0 saturated carbocycles. The highest BCUT2D eigenvalue weighted by molar-refractivity contribution is 7.98. The van der Waals surface area contributed by atoms with Crippen LogP contribution in [0.15, 0.2) is 53.6 Å². The Hall–Kier alpha value is -1.30. The smallest absolute Gasteiger partial charge is 0.399 e. The van der Waals surface area contributed by atoms with E-state index >= 15 is 0 Å². The van der Waals surface area contributed by atoms with Gasteiger partial charge in [-0.3, -0.25) is 4.98 Å². The second kappa shape index (κ2) is 6.31. The second-order valence-electron chi connectivity index (χ2n) is 6.77. The molecule has 1 aliphatic rings. The Bertz CT molecular complexity index is 642. The number of hydrogen-bond acceptors (Lipinski definition) is 4. The summed E-state index contributed by atoms with van der Waals surface area (Å²) in [5.74, 6) is 0.872. The highest BCUT2D eigenvalue weighted by atomic mass is 32.2. The van der Waals surface area contributed by atoms with Gasteiger partial charge in [0.15, 0.2) is 0 Å². The Kier molecular flexibility index (Phi) is 4.54. The van der Waals surface area contributed by atoms with E-state index in [1.54, 1.807) is 11.8 Å². The topological polar surface area (TPSA) is 31.4 Å². The third-order valence-electron chi connectivity index (χ3n) is 4.52. The van der Waals surface area contributed by atoms with Crippen LogP contribution in [0.5, 0.6) is 0 Å². The lowest BCUT2D eigenvalue weighted by molar-refractivity contribution is 0.00578. The van der Waals surface area contributed by atoms with Crippen molar-refractivity contribution in [1.29, 1.82) is 0 Å². The van der Waals surface area contributed by atoms with E-state index in [4.69, 9.17) is 9.31 Å². The van der Waals surface area contributed by atoms with Crippen LogP contribution < -0.4 is 5.46 Å². The van der Waals surface area contributed by atoms with Gasteiger partial charge in [0, 0.05) is 16.8 Å². The van der Waals surface area contributed by atoms with Crippen LogP contribution >= 0.6 is 11.8 Å². The number of hydrogen-bond donors (Lipinski definition) is 0. The third kappa shape index (κ3) is 3.62. The summed E-state index contributed by atoms with van der Waals surface area (Å²) in [4.78, 5) is 5.56. The summed E-state index contributed by atoms with van der Waals surface area (Å²) in [6, 6.07) is 14.4. The van der Waals surface area contributed by atoms with Crippen molar-refractivity contribution in [3.05, 3.63) is 54.4 Å². The van der Waals surface area contributed by atoms with Gasteiger partial charge >= 0.3 is 7.12 Å². The predicted octanol–water partition coefficient (Wildman–Crippen LogP) is 3.67. The maximum atomic E-state index is 6.08. The molecule has 3 nitrogen and oxygen atoms in total. The van der Waals surface area contributed by atoms with Crippen molar-refractivity contribution < 1.29 is 9.31 Å². The minimum Gasteiger partial charge on any atom is -0.399 e. The first-order valence-corrected chi connectivity index (χ1v) is 8.84. The lowest BCUT2D eigenvalue weighted by Crippen LogP contribution is -2.41. The predicted molar refractivity (Wildman–Crippen MR) is 96.0 cm³/mol. The van der Waals surface area contributed by atoms with Gasteiger partial charge in [-0.15, -0.1) is 11.8 Å². The van der Waals surface area contributed by atoms with Crippen molar-refractivity contribution in [2.45, 2.75) is 49.5 Å². The molecule has 1 saturated heterocycles. The average molecular weight is 327 g/mol. The van der Waals surface area contributed by atoms with Crippen molar-refractivity contribution in [3.8, 4) is 0 Å². The van der Waals surface area contributed by atoms with Crippen LogP contribution in [-0.2, 0) is 15.1 Å². The average Bonchev–Trinajstić information content (AvgIpc) is 2.75.